The number of hydrogen-bond acceptors (Lipinski definition) is 2. The van der Waals surface area contributed by atoms with Gasteiger partial charge in [0.05, 0.1) is 6.26 Å². The predicted molar refractivity (Wildman–Crippen MR) is 49.0 cm³/mol. The van der Waals surface area contributed by atoms with E-state index >= 15 is 0 Å². The molecule has 1 aliphatic rings. The highest BCUT2D eigenvalue weighted by Gasteiger charge is 2.31. The molecule has 0 spiro atoms. The number of hydrogen-bond donors (Lipinski definition) is 0. The van der Waals surface area contributed by atoms with E-state index in [1.165, 1.54) is 19.1 Å². The molecule has 0 N–H and O–H groups in total. The first kappa shape index (κ1) is 9.59. The van der Waals surface area contributed by atoms with E-state index in [9.17, 15) is 0 Å². The van der Waals surface area contributed by atoms with E-state index in [1.807, 2.05) is 0 Å². The molecule has 1 heterocycles. The van der Waals surface area contributed by atoms with Crippen LogP contribution < -0.4 is 0 Å². The molecule has 0 aliphatic carbocycles. The smallest absolute Gasteiger partial charge is 0.116 e. The molecule has 1 rings (SSSR count). The molecule has 0 saturated carbocycles. The SMILES string of the molecule is C=COCC1(CC)CCCCO1. The van der Waals surface area contributed by atoms with Crippen molar-refractivity contribution in [2.45, 2.75) is 38.2 Å². The zero-order valence-electron chi connectivity index (χ0n) is 7.84. The van der Waals surface area contributed by atoms with Crippen molar-refractivity contribution < 1.29 is 9.47 Å². The van der Waals surface area contributed by atoms with Crippen molar-refractivity contribution >= 4 is 0 Å². The van der Waals surface area contributed by atoms with Crippen molar-refractivity contribution in [3.8, 4) is 0 Å². The van der Waals surface area contributed by atoms with E-state index in [0.717, 1.165) is 19.4 Å². The third kappa shape index (κ3) is 2.24. The molecule has 0 amide bonds. The van der Waals surface area contributed by atoms with Gasteiger partial charge in [-0.2, -0.15) is 0 Å². The minimum absolute atomic E-state index is 0.0214. The number of rotatable bonds is 4. The van der Waals surface area contributed by atoms with Gasteiger partial charge in [0.2, 0.25) is 0 Å². The molecular formula is C10H18O2. The molecule has 1 unspecified atom stereocenters. The Bertz CT molecular complexity index is 137. The van der Waals surface area contributed by atoms with Crippen molar-refractivity contribution in [3.63, 3.8) is 0 Å². The molecule has 0 aromatic carbocycles. The van der Waals surface area contributed by atoms with Gasteiger partial charge in [0, 0.05) is 6.61 Å². The lowest BCUT2D eigenvalue weighted by molar-refractivity contribution is -0.111. The highest BCUT2D eigenvalue weighted by Crippen LogP contribution is 2.28. The van der Waals surface area contributed by atoms with Gasteiger partial charge in [-0.25, -0.2) is 0 Å². The molecule has 2 heteroatoms. The molecule has 2 nitrogen and oxygen atoms in total. The van der Waals surface area contributed by atoms with Crippen LogP contribution in [-0.2, 0) is 9.47 Å². The Balaban J connectivity index is 2.41. The summed E-state index contributed by atoms with van der Waals surface area (Å²) in [7, 11) is 0. The Morgan fingerprint density at radius 3 is 2.92 bits per heavy atom. The van der Waals surface area contributed by atoms with Crippen molar-refractivity contribution in [1.29, 1.82) is 0 Å². The molecule has 0 aromatic rings. The summed E-state index contributed by atoms with van der Waals surface area (Å²) in [5.74, 6) is 0. The molecule has 1 aliphatic heterocycles. The molecular weight excluding hydrogens is 152 g/mol. The topological polar surface area (TPSA) is 18.5 Å². The molecule has 12 heavy (non-hydrogen) atoms. The van der Waals surface area contributed by atoms with Crippen LogP contribution in [0.3, 0.4) is 0 Å². The highest BCUT2D eigenvalue weighted by molar-refractivity contribution is 4.82. The lowest BCUT2D eigenvalue weighted by Crippen LogP contribution is -2.39. The standard InChI is InChI=1S/C10H18O2/c1-3-10(9-11-4-2)7-5-6-8-12-10/h4H,2-3,5-9H2,1H3. The van der Waals surface area contributed by atoms with Crippen molar-refractivity contribution in [2.24, 2.45) is 0 Å². The molecule has 0 aromatic heterocycles. The molecule has 0 bridgehead atoms. The van der Waals surface area contributed by atoms with Gasteiger partial charge in [0.1, 0.15) is 12.2 Å². The summed E-state index contributed by atoms with van der Waals surface area (Å²) >= 11 is 0. The second kappa shape index (κ2) is 4.51. The first-order chi connectivity index (χ1) is 5.83. The van der Waals surface area contributed by atoms with Crippen LogP contribution in [0.25, 0.3) is 0 Å². The Hall–Kier alpha value is -0.500. The Labute approximate surface area is 74.6 Å². The summed E-state index contributed by atoms with van der Waals surface area (Å²) in [4.78, 5) is 0. The van der Waals surface area contributed by atoms with Crippen LogP contribution in [0.5, 0.6) is 0 Å². The summed E-state index contributed by atoms with van der Waals surface area (Å²) in [5, 5.41) is 0. The maximum Gasteiger partial charge on any atom is 0.116 e. The van der Waals surface area contributed by atoms with Crippen LogP contribution >= 0.6 is 0 Å². The zero-order valence-corrected chi connectivity index (χ0v) is 7.84. The summed E-state index contributed by atoms with van der Waals surface area (Å²) in [5.41, 5.74) is -0.0214. The Morgan fingerprint density at radius 1 is 1.58 bits per heavy atom. The van der Waals surface area contributed by atoms with Crippen LogP contribution in [0.1, 0.15) is 32.6 Å². The van der Waals surface area contributed by atoms with Crippen LogP contribution in [0.2, 0.25) is 0 Å². The van der Waals surface area contributed by atoms with Gasteiger partial charge in [-0.05, 0) is 25.7 Å². The van der Waals surface area contributed by atoms with E-state index < -0.39 is 0 Å². The molecule has 1 saturated heterocycles. The van der Waals surface area contributed by atoms with E-state index in [2.05, 4.69) is 13.5 Å². The fourth-order valence-electron chi connectivity index (χ4n) is 1.62. The highest BCUT2D eigenvalue weighted by atomic mass is 16.5. The lowest BCUT2D eigenvalue weighted by atomic mass is 9.92. The van der Waals surface area contributed by atoms with Crippen LogP contribution in [0.15, 0.2) is 12.8 Å². The Kier molecular flexibility index (Phi) is 3.60. The average molecular weight is 170 g/mol. The van der Waals surface area contributed by atoms with Crippen LogP contribution in [0.4, 0.5) is 0 Å². The zero-order chi connectivity index (χ0) is 8.86. The summed E-state index contributed by atoms with van der Waals surface area (Å²) < 4.78 is 11.0. The third-order valence-corrected chi connectivity index (χ3v) is 2.54. The number of ether oxygens (including phenoxy) is 2. The maximum absolute atomic E-state index is 5.74. The summed E-state index contributed by atoms with van der Waals surface area (Å²) in [6.45, 7) is 7.23. The largest absolute Gasteiger partial charge is 0.499 e. The van der Waals surface area contributed by atoms with Crippen molar-refractivity contribution in [2.75, 3.05) is 13.2 Å². The maximum atomic E-state index is 5.74. The van der Waals surface area contributed by atoms with Gasteiger partial charge in [-0.15, -0.1) is 0 Å². The molecule has 70 valence electrons. The molecule has 1 fully saturated rings. The first-order valence-corrected chi connectivity index (χ1v) is 4.69. The fourth-order valence-corrected chi connectivity index (χ4v) is 1.62. The van der Waals surface area contributed by atoms with E-state index in [4.69, 9.17) is 9.47 Å². The van der Waals surface area contributed by atoms with Gasteiger partial charge in [0.25, 0.3) is 0 Å². The van der Waals surface area contributed by atoms with Crippen LogP contribution in [0, 0.1) is 0 Å². The second-order valence-corrected chi connectivity index (χ2v) is 3.32. The minimum Gasteiger partial charge on any atom is -0.499 e. The summed E-state index contributed by atoms with van der Waals surface area (Å²) in [6, 6.07) is 0. The lowest BCUT2D eigenvalue weighted by Gasteiger charge is -2.35. The monoisotopic (exact) mass is 170 g/mol. The predicted octanol–water partition coefficient (Wildman–Crippen LogP) is 2.50. The van der Waals surface area contributed by atoms with Gasteiger partial charge < -0.3 is 9.47 Å². The van der Waals surface area contributed by atoms with E-state index in [0.29, 0.717) is 6.61 Å². The normalized spacial score (nSPS) is 29.8. The van der Waals surface area contributed by atoms with Crippen molar-refractivity contribution in [3.05, 3.63) is 12.8 Å². The first-order valence-electron chi connectivity index (χ1n) is 4.69. The van der Waals surface area contributed by atoms with Gasteiger partial charge in [0.15, 0.2) is 0 Å². The van der Waals surface area contributed by atoms with Gasteiger partial charge in [-0.1, -0.05) is 13.5 Å². The third-order valence-electron chi connectivity index (χ3n) is 2.54. The molecule has 1 atom stereocenters. The van der Waals surface area contributed by atoms with E-state index in [1.54, 1.807) is 0 Å². The summed E-state index contributed by atoms with van der Waals surface area (Å²) in [6.07, 6.45) is 6.09. The minimum atomic E-state index is -0.0214. The van der Waals surface area contributed by atoms with E-state index in [-0.39, 0.29) is 5.60 Å². The van der Waals surface area contributed by atoms with Gasteiger partial charge >= 0.3 is 0 Å². The Morgan fingerprint density at radius 2 is 2.42 bits per heavy atom. The van der Waals surface area contributed by atoms with Crippen LogP contribution in [-0.4, -0.2) is 18.8 Å². The second-order valence-electron chi connectivity index (χ2n) is 3.32. The fraction of sp³-hybridized carbons (Fsp3) is 0.800. The molecule has 0 radical (unpaired) electrons. The van der Waals surface area contributed by atoms with Gasteiger partial charge in [-0.3, -0.25) is 0 Å². The van der Waals surface area contributed by atoms with Crippen molar-refractivity contribution in [1.82, 2.24) is 0 Å². The average Bonchev–Trinajstić information content (AvgIpc) is 2.16. The quantitative estimate of drug-likeness (QED) is 0.603.